The molecule has 0 radical (unpaired) electrons. The number of imidazole rings is 1. The van der Waals surface area contributed by atoms with Crippen molar-refractivity contribution < 1.29 is 0 Å². The maximum atomic E-state index is 11.8. The molecule has 0 saturated carbocycles. The fourth-order valence-corrected chi connectivity index (χ4v) is 2.60. The molecule has 116 valence electrons. The fourth-order valence-electron chi connectivity index (χ4n) is 2.60. The maximum Gasteiger partial charge on any atom is 0.278 e. The minimum absolute atomic E-state index is 0. The first-order valence-electron chi connectivity index (χ1n) is 6.91. The van der Waals surface area contributed by atoms with Gasteiger partial charge in [-0.15, -0.1) is 12.4 Å². The van der Waals surface area contributed by atoms with Gasteiger partial charge in [0, 0.05) is 6.42 Å². The quantitative estimate of drug-likeness (QED) is 0.526. The van der Waals surface area contributed by atoms with Crippen molar-refractivity contribution in [2.75, 3.05) is 5.73 Å². The van der Waals surface area contributed by atoms with Crippen molar-refractivity contribution in [3.63, 3.8) is 0 Å². The van der Waals surface area contributed by atoms with Crippen molar-refractivity contribution in [3.05, 3.63) is 64.2 Å². The summed E-state index contributed by atoms with van der Waals surface area (Å²) in [5.74, 6) is 0.759. The van der Waals surface area contributed by atoms with E-state index < -0.39 is 0 Å². The number of nitrogen functional groups attached to an aromatic ring is 1. The van der Waals surface area contributed by atoms with E-state index in [1.807, 2.05) is 12.1 Å². The van der Waals surface area contributed by atoms with Crippen LogP contribution in [0.1, 0.15) is 11.4 Å². The number of fused-ring (bicyclic) bond motifs is 2. The molecular weight excluding hydrogens is 314 g/mol. The number of anilines is 1. The van der Waals surface area contributed by atoms with E-state index in [4.69, 9.17) is 5.73 Å². The van der Waals surface area contributed by atoms with Gasteiger partial charge in [0.25, 0.3) is 5.56 Å². The van der Waals surface area contributed by atoms with Crippen LogP contribution in [0.4, 0.5) is 5.95 Å². The Bertz CT molecular complexity index is 1050. The average Bonchev–Trinajstić information content (AvgIpc) is 2.90. The number of halogens is 1. The summed E-state index contributed by atoms with van der Waals surface area (Å²) in [5, 5.41) is 2.37. The molecule has 6 nitrogen and oxygen atoms in total. The lowest BCUT2D eigenvalue weighted by molar-refractivity contribution is 1.04. The van der Waals surface area contributed by atoms with Crippen LogP contribution in [-0.4, -0.2) is 19.9 Å². The number of benzene rings is 2. The van der Waals surface area contributed by atoms with E-state index in [9.17, 15) is 4.79 Å². The zero-order valence-corrected chi connectivity index (χ0v) is 12.9. The van der Waals surface area contributed by atoms with E-state index >= 15 is 0 Å². The molecule has 0 aliphatic rings. The Morgan fingerprint density at radius 1 is 1.00 bits per heavy atom. The van der Waals surface area contributed by atoms with Crippen LogP contribution in [0.5, 0.6) is 0 Å². The van der Waals surface area contributed by atoms with Crippen molar-refractivity contribution in [1.82, 2.24) is 19.9 Å². The predicted octanol–water partition coefficient (Wildman–Crippen LogP) is 2.39. The lowest BCUT2D eigenvalue weighted by Gasteiger charge is -2.01. The molecule has 0 unspecified atom stereocenters. The molecule has 0 bridgehead atoms. The van der Waals surface area contributed by atoms with Crippen molar-refractivity contribution >= 4 is 40.3 Å². The van der Waals surface area contributed by atoms with Crippen LogP contribution >= 0.6 is 12.4 Å². The molecule has 2 aromatic carbocycles. The van der Waals surface area contributed by atoms with Crippen molar-refractivity contribution in [3.8, 4) is 0 Å². The predicted molar refractivity (Wildman–Crippen MR) is 92.9 cm³/mol. The molecule has 0 aliphatic heterocycles. The molecule has 0 fully saturated rings. The minimum atomic E-state index is -0.306. The Morgan fingerprint density at radius 3 is 2.61 bits per heavy atom. The van der Waals surface area contributed by atoms with Gasteiger partial charge in [-0.05, 0) is 16.3 Å². The fraction of sp³-hybridized carbons (Fsp3) is 0.0625. The number of hydrogen-bond acceptors (Lipinski definition) is 4. The average molecular weight is 328 g/mol. The van der Waals surface area contributed by atoms with Crippen LogP contribution < -0.4 is 11.3 Å². The van der Waals surface area contributed by atoms with Crippen molar-refractivity contribution in [2.24, 2.45) is 0 Å². The zero-order chi connectivity index (χ0) is 15.1. The van der Waals surface area contributed by atoms with Gasteiger partial charge >= 0.3 is 0 Å². The second kappa shape index (κ2) is 5.73. The van der Waals surface area contributed by atoms with E-state index in [2.05, 4.69) is 50.3 Å². The number of nitrogens with one attached hydrogen (secondary N) is 2. The maximum absolute atomic E-state index is 11.8. The van der Waals surface area contributed by atoms with Gasteiger partial charge < -0.3 is 10.7 Å². The summed E-state index contributed by atoms with van der Waals surface area (Å²) in [6, 6.07) is 14.4. The molecule has 4 rings (SSSR count). The number of aromatic nitrogens is 4. The third-order valence-electron chi connectivity index (χ3n) is 3.61. The van der Waals surface area contributed by atoms with Gasteiger partial charge in [-0.1, -0.05) is 42.5 Å². The van der Waals surface area contributed by atoms with Gasteiger partial charge in [-0.2, -0.15) is 4.98 Å². The van der Waals surface area contributed by atoms with Gasteiger partial charge in [-0.25, -0.2) is 4.98 Å². The lowest BCUT2D eigenvalue weighted by Crippen LogP contribution is -2.10. The molecule has 4 aromatic rings. The lowest BCUT2D eigenvalue weighted by atomic mass is 10.1. The summed E-state index contributed by atoms with van der Waals surface area (Å²) >= 11 is 0. The first-order chi connectivity index (χ1) is 10.7. The van der Waals surface area contributed by atoms with Crippen LogP contribution in [-0.2, 0) is 6.42 Å². The number of rotatable bonds is 2. The normalized spacial score (nSPS) is 10.8. The van der Waals surface area contributed by atoms with Crippen LogP contribution in [0, 0.1) is 0 Å². The summed E-state index contributed by atoms with van der Waals surface area (Å²) in [6.45, 7) is 0. The SMILES string of the molecule is Cl.Nc1nc2nc(Cc3ccc4ccccc4c3)[nH]c2c(=O)[nH]1. The van der Waals surface area contributed by atoms with E-state index in [-0.39, 0.29) is 23.9 Å². The third kappa shape index (κ3) is 2.76. The van der Waals surface area contributed by atoms with Gasteiger partial charge in [0.1, 0.15) is 5.82 Å². The van der Waals surface area contributed by atoms with Crippen LogP contribution in [0.15, 0.2) is 47.3 Å². The monoisotopic (exact) mass is 327 g/mol. The molecule has 2 heterocycles. The van der Waals surface area contributed by atoms with Crippen LogP contribution in [0.3, 0.4) is 0 Å². The Labute approximate surface area is 137 Å². The van der Waals surface area contributed by atoms with Crippen LogP contribution in [0.25, 0.3) is 21.9 Å². The third-order valence-corrected chi connectivity index (χ3v) is 3.61. The number of H-pyrrole nitrogens is 2. The molecule has 2 aromatic heterocycles. The minimum Gasteiger partial charge on any atom is -0.369 e. The number of hydrogen-bond donors (Lipinski definition) is 3. The van der Waals surface area contributed by atoms with Crippen molar-refractivity contribution in [1.29, 1.82) is 0 Å². The van der Waals surface area contributed by atoms with Gasteiger partial charge in [0.15, 0.2) is 11.2 Å². The Hall–Kier alpha value is -2.86. The van der Waals surface area contributed by atoms with E-state index in [0.717, 1.165) is 5.56 Å². The molecule has 0 aliphatic carbocycles. The Kier molecular flexibility index (Phi) is 3.75. The molecule has 0 saturated heterocycles. The smallest absolute Gasteiger partial charge is 0.278 e. The second-order valence-electron chi connectivity index (χ2n) is 5.19. The molecule has 23 heavy (non-hydrogen) atoms. The largest absolute Gasteiger partial charge is 0.369 e. The topological polar surface area (TPSA) is 100 Å². The highest BCUT2D eigenvalue weighted by Gasteiger charge is 2.09. The van der Waals surface area contributed by atoms with Gasteiger partial charge in [-0.3, -0.25) is 9.78 Å². The first-order valence-corrected chi connectivity index (χ1v) is 6.91. The molecule has 7 heteroatoms. The highest BCUT2D eigenvalue weighted by atomic mass is 35.5. The van der Waals surface area contributed by atoms with E-state index in [1.165, 1.54) is 10.8 Å². The highest BCUT2D eigenvalue weighted by molar-refractivity contribution is 5.85. The van der Waals surface area contributed by atoms with E-state index in [1.54, 1.807) is 0 Å². The summed E-state index contributed by atoms with van der Waals surface area (Å²) in [5.41, 5.74) is 7.03. The van der Waals surface area contributed by atoms with Crippen LogP contribution in [0.2, 0.25) is 0 Å². The summed E-state index contributed by atoms with van der Waals surface area (Å²) in [6.07, 6.45) is 0.598. The zero-order valence-electron chi connectivity index (χ0n) is 12.0. The summed E-state index contributed by atoms with van der Waals surface area (Å²) in [4.78, 5) is 25.6. The molecule has 0 atom stereocenters. The highest BCUT2D eigenvalue weighted by Crippen LogP contribution is 2.17. The molecule has 0 amide bonds. The standard InChI is InChI=1S/C16H13N5O.ClH/c17-16-20-14-13(15(22)21-16)18-12(19-14)8-9-5-6-10-3-1-2-4-11(10)7-9;/h1-7H,8H2,(H4,17,18,19,20,21,22);1H. The van der Waals surface area contributed by atoms with Crippen molar-refractivity contribution in [2.45, 2.75) is 6.42 Å². The second-order valence-corrected chi connectivity index (χ2v) is 5.19. The molecule has 0 spiro atoms. The Morgan fingerprint density at radius 2 is 1.78 bits per heavy atom. The van der Waals surface area contributed by atoms with Gasteiger partial charge in [0.2, 0.25) is 5.95 Å². The number of nitrogens with zero attached hydrogens (tertiary/aromatic N) is 2. The molecular formula is C16H14ClN5O. The van der Waals surface area contributed by atoms with Gasteiger partial charge in [0.05, 0.1) is 0 Å². The van der Waals surface area contributed by atoms with E-state index in [0.29, 0.717) is 23.4 Å². The first kappa shape index (κ1) is 15.1. The molecule has 4 N–H and O–H groups in total. The Balaban J connectivity index is 0.00000156. The summed E-state index contributed by atoms with van der Waals surface area (Å²) in [7, 11) is 0. The summed E-state index contributed by atoms with van der Waals surface area (Å²) < 4.78 is 0. The number of aromatic amines is 2. The number of nitrogens with two attached hydrogens (primary N) is 1.